The van der Waals surface area contributed by atoms with E-state index in [4.69, 9.17) is 5.11 Å². The molecule has 90 valence electrons. The monoisotopic (exact) mass is 237 g/mol. The average molecular weight is 237 g/mol. The van der Waals surface area contributed by atoms with E-state index in [-0.39, 0.29) is 6.42 Å². The third-order valence-corrected chi connectivity index (χ3v) is 3.01. The summed E-state index contributed by atoms with van der Waals surface area (Å²) in [5, 5.41) is 18.7. The number of anilines is 1. The van der Waals surface area contributed by atoms with Gasteiger partial charge in [-0.1, -0.05) is 0 Å². The Hall–Kier alpha value is -2.12. The minimum atomic E-state index is -1.10. The van der Waals surface area contributed by atoms with E-state index in [1.807, 2.05) is 0 Å². The van der Waals surface area contributed by atoms with Gasteiger partial charge in [0, 0.05) is 6.54 Å². The quantitative estimate of drug-likeness (QED) is 0.567. The predicted molar refractivity (Wildman–Crippen MR) is 55.1 cm³/mol. The first-order chi connectivity index (χ1) is 8.15. The molecule has 8 heteroatoms. The summed E-state index contributed by atoms with van der Waals surface area (Å²) in [5.74, 6) is -1.41. The molecule has 0 spiro atoms. The first kappa shape index (κ1) is 10.1. The first-order valence-corrected chi connectivity index (χ1v) is 5.37. The van der Waals surface area contributed by atoms with E-state index in [1.165, 1.54) is 0 Å². The summed E-state index contributed by atoms with van der Waals surface area (Å²) in [6.07, 6.45) is 0.206. The van der Waals surface area contributed by atoms with Gasteiger partial charge in [-0.2, -0.15) is 10.1 Å². The topological polar surface area (TPSA) is 109 Å². The van der Waals surface area contributed by atoms with Crippen molar-refractivity contribution in [1.29, 1.82) is 0 Å². The summed E-state index contributed by atoms with van der Waals surface area (Å²) in [6, 6.07) is -0.400. The second-order valence-electron chi connectivity index (χ2n) is 4.13. The highest BCUT2D eigenvalue weighted by Crippen LogP contribution is 2.27. The molecular formula is C9H11N5O3. The minimum absolute atomic E-state index is 0.206. The molecular weight excluding hydrogens is 226 g/mol. The van der Waals surface area contributed by atoms with Crippen molar-refractivity contribution in [1.82, 2.24) is 20.1 Å². The fourth-order valence-electron chi connectivity index (χ4n) is 2.12. The lowest BCUT2D eigenvalue weighted by Crippen LogP contribution is -2.25. The van der Waals surface area contributed by atoms with Gasteiger partial charge in [-0.05, 0) is 6.42 Å². The van der Waals surface area contributed by atoms with Gasteiger partial charge in [-0.15, -0.1) is 0 Å². The van der Waals surface area contributed by atoms with Crippen LogP contribution in [0.3, 0.4) is 0 Å². The Morgan fingerprint density at radius 1 is 1.53 bits per heavy atom. The molecule has 0 saturated carbocycles. The van der Waals surface area contributed by atoms with Gasteiger partial charge in [-0.25, -0.2) is 4.68 Å². The Bertz CT molecular complexity index is 475. The Morgan fingerprint density at radius 3 is 3.00 bits per heavy atom. The second kappa shape index (κ2) is 3.44. The van der Waals surface area contributed by atoms with Gasteiger partial charge in [0.1, 0.15) is 5.92 Å². The van der Waals surface area contributed by atoms with Crippen molar-refractivity contribution in [3.8, 4) is 0 Å². The van der Waals surface area contributed by atoms with Crippen LogP contribution in [0, 0.1) is 5.92 Å². The van der Waals surface area contributed by atoms with Crippen molar-refractivity contribution >= 4 is 17.8 Å². The number of amides is 1. The van der Waals surface area contributed by atoms with E-state index in [2.05, 4.69) is 20.7 Å². The molecule has 2 unspecified atom stereocenters. The molecule has 0 bridgehead atoms. The summed E-state index contributed by atoms with van der Waals surface area (Å²) in [5.41, 5.74) is 0. The van der Waals surface area contributed by atoms with Crippen LogP contribution in [0.5, 0.6) is 0 Å². The van der Waals surface area contributed by atoms with Gasteiger partial charge in [0.25, 0.3) is 0 Å². The van der Waals surface area contributed by atoms with Crippen molar-refractivity contribution in [2.45, 2.75) is 19.0 Å². The predicted octanol–water partition coefficient (Wildman–Crippen LogP) is -1.03. The lowest BCUT2D eigenvalue weighted by molar-refractivity contribution is -0.145. The van der Waals surface area contributed by atoms with Crippen LogP contribution < -0.4 is 10.6 Å². The van der Waals surface area contributed by atoms with Crippen molar-refractivity contribution in [3.05, 3.63) is 5.82 Å². The van der Waals surface area contributed by atoms with Gasteiger partial charge < -0.3 is 15.7 Å². The molecule has 1 aromatic rings. The van der Waals surface area contributed by atoms with Gasteiger partial charge in [0.2, 0.25) is 11.9 Å². The van der Waals surface area contributed by atoms with Crippen molar-refractivity contribution in [3.63, 3.8) is 0 Å². The zero-order chi connectivity index (χ0) is 12.0. The summed E-state index contributed by atoms with van der Waals surface area (Å²) < 4.78 is 1.72. The van der Waals surface area contributed by atoms with Crippen LogP contribution in [0.15, 0.2) is 0 Å². The molecule has 3 rings (SSSR count). The third-order valence-electron chi connectivity index (χ3n) is 3.01. The van der Waals surface area contributed by atoms with Crippen LogP contribution in [0.2, 0.25) is 0 Å². The molecule has 17 heavy (non-hydrogen) atoms. The fraction of sp³-hybridized carbons (Fsp3) is 0.556. The van der Waals surface area contributed by atoms with E-state index in [9.17, 15) is 9.59 Å². The van der Waals surface area contributed by atoms with Crippen LogP contribution in [-0.4, -0.2) is 38.3 Å². The van der Waals surface area contributed by atoms with Crippen LogP contribution in [-0.2, 0) is 16.1 Å². The number of nitrogens with zero attached hydrogens (tertiary/aromatic N) is 3. The van der Waals surface area contributed by atoms with E-state index < -0.39 is 23.8 Å². The zero-order valence-electron chi connectivity index (χ0n) is 8.88. The highest BCUT2D eigenvalue weighted by atomic mass is 16.4. The van der Waals surface area contributed by atoms with Gasteiger partial charge >= 0.3 is 5.97 Å². The summed E-state index contributed by atoms with van der Waals surface area (Å²) in [6.45, 7) is 1.54. The van der Waals surface area contributed by atoms with Crippen molar-refractivity contribution in [2.24, 2.45) is 5.92 Å². The highest BCUT2D eigenvalue weighted by molar-refractivity contribution is 5.98. The number of carbonyl (C=O) groups is 2. The SMILES string of the molecule is O=C(O)C1CC(c2nc3n(n2)CCN3)NC1=O. The van der Waals surface area contributed by atoms with Crippen molar-refractivity contribution in [2.75, 3.05) is 11.9 Å². The number of carboxylic acid groups (broad SMARTS) is 1. The molecule has 1 fully saturated rings. The molecule has 0 aliphatic carbocycles. The number of carboxylic acids is 1. The molecule has 1 saturated heterocycles. The van der Waals surface area contributed by atoms with E-state index in [0.717, 1.165) is 13.1 Å². The number of carbonyl (C=O) groups excluding carboxylic acids is 1. The van der Waals surface area contributed by atoms with E-state index in [0.29, 0.717) is 11.8 Å². The standard InChI is InChI=1S/C9H11N5O3/c15-7-4(8(16)17)3-5(11-7)6-12-9-10-1-2-14(9)13-6/h4-5H,1-3H2,(H,11,15)(H,16,17)(H,10,12,13). The van der Waals surface area contributed by atoms with E-state index in [1.54, 1.807) is 4.68 Å². The fourth-order valence-corrected chi connectivity index (χ4v) is 2.12. The molecule has 3 N–H and O–H groups in total. The smallest absolute Gasteiger partial charge is 0.316 e. The normalized spacial score (nSPS) is 26.5. The number of aliphatic carboxylic acids is 1. The molecule has 0 radical (unpaired) electrons. The minimum Gasteiger partial charge on any atom is -0.481 e. The molecule has 2 atom stereocenters. The molecule has 8 nitrogen and oxygen atoms in total. The third kappa shape index (κ3) is 1.52. The molecule has 1 amide bonds. The second-order valence-corrected chi connectivity index (χ2v) is 4.13. The lowest BCUT2D eigenvalue weighted by atomic mass is 10.1. The highest BCUT2D eigenvalue weighted by Gasteiger charge is 2.39. The first-order valence-electron chi connectivity index (χ1n) is 5.37. The van der Waals surface area contributed by atoms with Crippen LogP contribution >= 0.6 is 0 Å². The number of hydrogen-bond acceptors (Lipinski definition) is 5. The van der Waals surface area contributed by atoms with Gasteiger partial charge in [0.15, 0.2) is 5.82 Å². The number of rotatable bonds is 2. The number of nitrogens with one attached hydrogen (secondary N) is 2. The lowest BCUT2D eigenvalue weighted by Gasteiger charge is -2.03. The molecule has 0 aromatic carbocycles. The van der Waals surface area contributed by atoms with Gasteiger partial charge in [0.05, 0.1) is 12.6 Å². The van der Waals surface area contributed by atoms with Crippen LogP contribution in [0.25, 0.3) is 0 Å². The summed E-state index contributed by atoms with van der Waals surface area (Å²) >= 11 is 0. The maximum Gasteiger partial charge on any atom is 0.316 e. The van der Waals surface area contributed by atoms with Crippen LogP contribution in [0.4, 0.5) is 5.95 Å². The van der Waals surface area contributed by atoms with Crippen molar-refractivity contribution < 1.29 is 14.7 Å². The summed E-state index contributed by atoms with van der Waals surface area (Å²) in [7, 11) is 0. The zero-order valence-corrected chi connectivity index (χ0v) is 8.88. The Morgan fingerprint density at radius 2 is 2.35 bits per heavy atom. The molecule has 2 aliphatic rings. The number of fused-ring (bicyclic) bond motifs is 1. The Balaban J connectivity index is 1.82. The Kier molecular flexibility index (Phi) is 2.03. The van der Waals surface area contributed by atoms with E-state index >= 15 is 0 Å². The number of aromatic nitrogens is 3. The molecule has 2 aliphatic heterocycles. The Labute approximate surface area is 96.0 Å². The summed E-state index contributed by atoms with van der Waals surface area (Å²) in [4.78, 5) is 26.4. The van der Waals surface area contributed by atoms with Crippen LogP contribution in [0.1, 0.15) is 18.3 Å². The van der Waals surface area contributed by atoms with Gasteiger partial charge in [-0.3, -0.25) is 9.59 Å². The number of hydrogen-bond donors (Lipinski definition) is 3. The maximum absolute atomic E-state index is 11.4. The molecule has 1 aromatic heterocycles. The molecule has 3 heterocycles. The maximum atomic E-state index is 11.4. The largest absolute Gasteiger partial charge is 0.481 e. The average Bonchev–Trinajstić information content (AvgIpc) is 2.88.